The monoisotopic (exact) mass is 156 g/mol. The molecule has 0 aliphatic heterocycles. The summed E-state index contributed by atoms with van der Waals surface area (Å²) in [4.78, 5) is 0. The van der Waals surface area contributed by atoms with E-state index in [-0.39, 0.29) is 12.2 Å². The molecular formula is C9H16O2. The Balaban J connectivity index is 2.22. The van der Waals surface area contributed by atoms with Crippen molar-refractivity contribution in [2.45, 2.75) is 38.9 Å². The number of ether oxygens (including phenoxy) is 1. The van der Waals surface area contributed by atoms with Gasteiger partial charge < -0.3 is 9.84 Å². The predicted octanol–water partition coefficient (Wildman–Crippen LogP) is 1.49. The van der Waals surface area contributed by atoms with Crippen LogP contribution in [0.15, 0.2) is 11.6 Å². The maximum Gasteiger partial charge on any atom is 0.0727 e. The SMILES string of the molecule is CC(C)OCC1=CC(O)CC1. The maximum absolute atomic E-state index is 9.13. The van der Waals surface area contributed by atoms with Crippen LogP contribution in [0.25, 0.3) is 0 Å². The Morgan fingerprint density at radius 1 is 1.73 bits per heavy atom. The molecule has 2 heteroatoms. The van der Waals surface area contributed by atoms with Crippen LogP contribution in [0, 0.1) is 0 Å². The molecule has 0 fully saturated rings. The summed E-state index contributed by atoms with van der Waals surface area (Å²) in [7, 11) is 0. The van der Waals surface area contributed by atoms with Crippen LogP contribution in [0.4, 0.5) is 0 Å². The number of aliphatic hydroxyl groups is 1. The van der Waals surface area contributed by atoms with Crippen LogP contribution in [-0.2, 0) is 4.74 Å². The zero-order valence-electron chi connectivity index (χ0n) is 7.21. The molecule has 0 aromatic carbocycles. The molecule has 11 heavy (non-hydrogen) atoms. The highest BCUT2D eigenvalue weighted by Gasteiger charge is 2.12. The fourth-order valence-corrected chi connectivity index (χ4v) is 1.17. The minimum atomic E-state index is -0.222. The Labute approximate surface area is 67.9 Å². The number of hydrogen-bond donors (Lipinski definition) is 1. The molecule has 1 aliphatic carbocycles. The third-order valence-electron chi connectivity index (χ3n) is 1.79. The summed E-state index contributed by atoms with van der Waals surface area (Å²) in [5, 5.41) is 9.13. The van der Waals surface area contributed by atoms with Crippen LogP contribution in [0.1, 0.15) is 26.7 Å². The molecule has 0 heterocycles. The van der Waals surface area contributed by atoms with Crippen LogP contribution in [-0.4, -0.2) is 23.9 Å². The van der Waals surface area contributed by atoms with Gasteiger partial charge in [-0.25, -0.2) is 0 Å². The maximum atomic E-state index is 9.13. The van der Waals surface area contributed by atoms with Crippen LogP contribution < -0.4 is 0 Å². The van der Waals surface area contributed by atoms with E-state index in [2.05, 4.69) is 0 Å². The van der Waals surface area contributed by atoms with Gasteiger partial charge >= 0.3 is 0 Å². The molecule has 0 radical (unpaired) electrons. The van der Waals surface area contributed by atoms with Gasteiger partial charge in [-0.2, -0.15) is 0 Å². The molecule has 1 N–H and O–H groups in total. The summed E-state index contributed by atoms with van der Waals surface area (Å²) in [6.07, 6.45) is 3.84. The normalized spacial score (nSPS) is 24.4. The van der Waals surface area contributed by atoms with Crippen molar-refractivity contribution in [2.24, 2.45) is 0 Å². The van der Waals surface area contributed by atoms with Gasteiger partial charge in [-0.3, -0.25) is 0 Å². The second kappa shape index (κ2) is 3.88. The Kier molecular flexibility index (Phi) is 3.09. The molecule has 0 saturated heterocycles. The van der Waals surface area contributed by atoms with E-state index >= 15 is 0 Å². The van der Waals surface area contributed by atoms with E-state index in [1.807, 2.05) is 19.9 Å². The lowest BCUT2D eigenvalue weighted by Gasteiger charge is -2.06. The first-order valence-electron chi connectivity index (χ1n) is 4.17. The average Bonchev–Trinajstić information content (AvgIpc) is 2.31. The first-order valence-corrected chi connectivity index (χ1v) is 4.17. The highest BCUT2D eigenvalue weighted by atomic mass is 16.5. The van der Waals surface area contributed by atoms with Crippen LogP contribution in [0.2, 0.25) is 0 Å². The van der Waals surface area contributed by atoms with Gasteiger partial charge in [0.15, 0.2) is 0 Å². The molecule has 1 aliphatic rings. The van der Waals surface area contributed by atoms with Crippen molar-refractivity contribution < 1.29 is 9.84 Å². The standard InChI is InChI=1S/C9H16O2/c1-7(2)11-6-8-3-4-9(10)5-8/h5,7,9-10H,3-4,6H2,1-2H3. The lowest BCUT2D eigenvalue weighted by molar-refractivity contribution is 0.0963. The molecule has 1 rings (SSSR count). The molecule has 0 aromatic rings. The van der Waals surface area contributed by atoms with Gasteiger partial charge in [0.25, 0.3) is 0 Å². The van der Waals surface area contributed by atoms with Gasteiger partial charge in [-0.1, -0.05) is 6.08 Å². The van der Waals surface area contributed by atoms with Crippen LogP contribution in [0.3, 0.4) is 0 Å². The van der Waals surface area contributed by atoms with Gasteiger partial charge in [0.2, 0.25) is 0 Å². The average molecular weight is 156 g/mol. The summed E-state index contributed by atoms with van der Waals surface area (Å²) in [5.41, 5.74) is 1.24. The van der Waals surface area contributed by atoms with Gasteiger partial charge in [-0.05, 0) is 32.3 Å². The fraction of sp³-hybridized carbons (Fsp3) is 0.778. The summed E-state index contributed by atoms with van der Waals surface area (Å²) in [6.45, 7) is 4.73. The highest BCUT2D eigenvalue weighted by molar-refractivity contribution is 5.12. The van der Waals surface area contributed by atoms with Crippen molar-refractivity contribution in [3.63, 3.8) is 0 Å². The molecule has 2 nitrogen and oxygen atoms in total. The number of hydrogen-bond acceptors (Lipinski definition) is 2. The summed E-state index contributed by atoms with van der Waals surface area (Å²) in [5.74, 6) is 0. The van der Waals surface area contributed by atoms with E-state index in [4.69, 9.17) is 9.84 Å². The van der Waals surface area contributed by atoms with Gasteiger partial charge in [-0.15, -0.1) is 0 Å². The van der Waals surface area contributed by atoms with Crippen molar-refractivity contribution in [3.8, 4) is 0 Å². The Bertz CT molecular complexity index is 150. The van der Waals surface area contributed by atoms with E-state index in [9.17, 15) is 0 Å². The molecule has 0 saturated carbocycles. The topological polar surface area (TPSA) is 29.5 Å². The van der Waals surface area contributed by atoms with E-state index < -0.39 is 0 Å². The fourth-order valence-electron chi connectivity index (χ4n) is 1.17. The zero-order valence-corrected chi connectivity index (χ0v) is 7.21. The molecule has 1 atom stereocenters. The molecule has 1 unspecified atom stereocenters. The molecule has 0 aromatic heterocycles. The van der Waals surface area contributed by atoms with E-state index in [1.165, 1.54) is 5.57 Å². The molecule has 64 valence electrons. The van der Waals surface area contributed by atoms with E-state index in [0.29, 0.717) is 6.61 Å². The predicted molar refractivity (Wildman–Crippen MR) is 44.4 cm³/mol. The second-order valence-corrected chi connectivity index (χ2v) is 3.29. The molecular weight excluding hydrogens is 140 g/mol. The summed E-state index contributed by atoms with van der Waals surface area (Å²) in [6, 6.07) is 0. The van der Waals surface area contributed by atoms with Gasteiger partial charge in [0, 0.05) is 0 Å². The third-order valence-corrected chi connectivity index (χ3v) is 1.79. The van der Waals surface area contributed by atoms with Gasteiger partial charge in [0.1, 0.15) is 0 Å². The number of aliphatic hydroxyl groups excluding tert-OH is 1. The summed E-state index contributed by atoms with van der Waals surface area (Å²) < 4.78 is 5.39. The summed E-state index contributed by atoms with van der Waals surface area (Å²) >= 11 is 0. The lowest BCUT2D eigenvalue weighted by Crippen LogP contribution is -2.04. The third kappa shape index (κ3) is 3.04. The highest BCUT2D eigenvalue weighted by Crippen LogP contribution is 2.18. The minimum Gasteiger partial charge on any atom is -0.389 e. The largest absolute Gasteiger partial charge is 0.389 e. The Morgan fingerprint density at radius 2 is 2.45 bits per heavy atom. The van der Waals surface area contributed by atoms with Crippen LogP contribution in [0.5, 0.6) is 0 Å². The van der Waals surface area contributed by atoms with E-state index in [0.717, 1.165) is 12.8 Å². The van der Waals surface area contributed by atoms with Crippen molar-refractivity contribution in [1.29, 1.82) is 0 Å². The Morgan fingerprint density at radius 3 is 2.91 bits per heavy atom. The smallest absolute Gasteiger partial charge is 0.0727 e. The molecule has 0 amide bonds. The zero-order chi connectivity index (χ0) is 8.27. The minimum absolute atomic E-state index is 0.222. The first kappa shape index (κ1) is 8.75. The molecule has 0 spiro atoms. The van der Waals surface area contributed by atoms with Crippen LogP contribution >= 0.6 is 0 Å². The van der Waals surface area contributed by atoms with Crippen molar-refractivity contribution in [2.75, 3.05) is 6.61 Å². The lowest BCUT2D eigenvalue weighted by atomic mass is 10.2. The first-order chi connectivity index (χ1) is 5.18. The number of rotatable bonds is 3. The van der Waals surface area contributed by atoms with Crippen molar-refractivity contribution in [1.82, 2.24) is 0 Å². The van der Waals surface area contributed by atoms with E-state index in [1.54, 1.807) is 0 Å². The van der Waals surface area contributed by atoms with Crippen molar-refractivity contribution >= 4 is 0 Å². The van der Waals surface area contributed by atoms with Crippen molar-refractivity contribution in [3.05, 3.63) is 11.6 Å². The quantitative estimate of drug-likeness (QED) is 0.627. The van der Waals surface area contributed by atoms with Gasteiger partial charge in [0.05, 0.1) is 18.8 Å². The Hall–Kier alpha value is -0.340. The second-order valence-electron chi connectivity index (χ2n) is 3.29. The molecule has 0 bridgehead atoms.